The molecule has 0 aliphatic carbocycles. The van der Waals surface area contributed by atoms with E-state index in [-0.39, 0.29) is 18.1 Å². The van der Waals surface area contributed by atoms with Gasteiger partial charge in [0.25, 0.3) is 0 Å². The fourth-order valence-corrected chi connectivity index (χ4v) is 4.24. The summed E-state index contributed by atoms with van der Waals surface area (Å²) in [6.07, 6.45) is 2.90. The molecule has 3 heterocycles. The molecule has 30 heavy (non-hydrogen) atoms. The number of fused-ring (bicyclic) bond motifs is 1. The van der Waals surface area contributed by atoms with Crippen molar-refractivity contribution in [3.63, 3.8) is 0 Å². The first-order chi connectivity index (χ1) is 14.3. The van der Waals surface area contributed by atoms with Crippen molar-refractivity contribution < 1.29 is 22.7 Å². The van der Waals surface area contributed by atoms with Crippen LogP contribution in [0.5, 0.6) is 0 Å². The summed E-state index contributed by atoms with van der Waals surface area (Å²) in [5.41, 5.74) is 3.73. The third kappa shape index (κ3) is 3.21. The van der Waals surface area contributed by atoms with Crippen LogP contribution >= 0.6 is 0 Å². The Kier molecular flexibility index (Phi) is 4.28. The molecule has 2 aromatic carbocycles. The average Bonchev–Trinajstić information content (AvgIpc) is 3.16. The van der Waals surface area contributed by atoms with Crippen molar-refractivity contribution in [3.8, 4) is 22.5 Å². The lowest BCUT2D eigenvalue weighted by molar-refractivity contribution is -0.184. The summed E-state index contributed by atoms with van der Waals surface area (Å²) < 4.78 is 34.7. The Morgan fingerprint density at radius 1 is 1.00 bits per heavy atom. The third-order valence-electron chi connectivity index (χ3n) is 5.37. The van der Waals surface area contributed by atoms with Crippen molar-refractivity contribution in [2.75, 3.05) is 19.5 Å². The number of furan rings is 1. The zero-order valence-corrected chi connectivity index (χ0v) is 17.0. The Hall–Kier alpha value is -3.00. The first kappa shape index (κ1) is 19.0. The molecule has 7 heteroatoms. The molecular weight excluding hydrogens is 402 g/mol. The zero-order valence-electron chi connectivity index (χ0n) is 16.2. The summed E-state index contributed by atoms with van der Waals surface area (Å²) in [7, 11) is -3.26. The van der Waals surface area contributed by atoms with E-state index in [0.29, 0.717) is 16.9 Å². The number of pyridine rings is 1. The highest BCUT2D eigenvalue weighted by Gasteiger charge is 2.38. The second kappa shape index (κ2) is 6.77. The number of nitrogens with zero attached hydrogens (tertiary/aromatic N) is 1. The van der Waals surface area contributed by atoms with Gasteiger partial charge in [-0.1, -0.05) is 18.2 Å². The lowest BCUT2D eigenvalue weighted by atomic mass is 9.90. The first-order valence-corrected chi connectivity index (χ1v) is 11.3. The molecule has 152 valence electrons. The molecule has 0 amide bonds. The molecule has 0 saturated carbocycles. The molecule has 0 atom stereocenters. The van der Waals surface area contributed by atoms with Gasteiger partial charge in [-0.25, -0.2) is 8.42 Å². The van der Waals surface area contributed by atoms with Crippen molar-refractivity contribution in [1.82, 2.24) is 4.98 Å². The van der Waals surface area contributed by atoms with Gasteiger partial charge in [-0.15, -0.1) is 0 Å². The number of benzene rings is 2. The number of rotatable bonds is 4. The Balaban J connectivity index is 1.57. The van der Waals surface area contributed by atoms with E-state index >= 15 is 0 Å². The lowest BCUT2D eigenvalue weighted by Gasteiger charge is -2.36. The van der Waals surface area contributed by atoms with Crippen LogP contribution in [0.2, 0.25) is 0 Å². The molecule has 0 radical (unpaired) electrons. The third-order valence-corrected chi connectivity index (χ3v) is 6.50. The Bertz CT molecular complexity index is 1350. The minimum Gasteiger partial charge on any atom is -0.454 e. The van der Waals surface area contributed by atoms with Gasteiger partial charge in [0.2, 0.25) is 0 Å². The van der Waals surface area contributed by atoms with Crippen molar-refractivity contribution in [2.24, 2.45) is 0 Å². The topological polar surface area (TPSA) is 89.6 Å². The summed E-state index contributed by atoms with van der Waals surface area (Å²) in [4.78, 5) is 4.67. The standard InChI is InChI=1S/C23H19NO5S/c1-30(26,27)18-7-5-15(6-8-18)21-12-20-22(29-21)19(9-10-24-20)16-3-2-4-17(11-16)23(25)13-28-14-23/h2-12,25H,13-14H2,1H3. The Labute approximate surface area is 173 Å². The molecule has 2 aromatic heterocycles. The van der Waals surface area contributed by atoms with E-state index < -0.39 is 15.4 Å². The predicted octanol–water partition coefficient (Wildman–Crippen LogP) is 3.78. The molecule has 1 fully saturated rings. The summed E-state index contributed by atoms with van der Waals surface area (Å²) in [6, 6.07) is 18.0. The first-order valence-electron chi connectivity index (χ1n) is 9.44. The normalized spacial score (nSPS) is 15.8. The second-order valence-electron chi connectivity index (χ2n) is 7.59. The molecule has 1 N–H and O–H groups in total. The Morgan fingerprint density at radius 2 is 1.77 bits per heavy atom. The van der Waals surface area contributed by atoms with Crippen LogP contribution in [-0.2, 0) is 20.2 Å². The van der Waals surface area contributed by atoms with Gasteiger partial charge in [0.05, 0.1) is 18.1 Å². The number of aromatic nitrogens is 1. The number of hydrogen-bond acceptors (Lipinski definition) is 6. The summed E-state index contributed by atoms with van der Waals surface area (Å²) in [6.45, 7) is 0.577. The predicted molar refractivity (Wildman–Crippen MR) is 113 cm³/mol. The zero-order chi connectivity index (χ0) is 20.9. The van der Waals surface area contributed by atoms with Crippen LogP contribution in [0.15, 0.2) is 76.2 Å². The molecule has 1 saturated heterocycles. The highest BCUT2D eigenvalue weighted by Crippen LogP contribution is 2.36. The van der Waals surface area contributed by atoms with Crippen molar-refractivity contribution >= 4 is 20.9 Å². The van der Waals surface area contributed by atoms with Crippen LogP contribution in [0.3, 0.4) is 0 Å². The van der Waals surface area contributed by atoms with Crippen LogP contribution < -0.4 is 0 Å². The van der Waals surface area contributed by atoms with Crippen molar-refractivity contribution in [2.45, 2.75) is 10.5 Å². The maximum absolute atomic E-state index is 11.7. The smallest absolute Gasteiger partial charge is 0.175 e. The molecule has 0 bridgehead atoms. The quantitative estimate of drug-likeness (QED) is 0.539. The van der Waals surface area contributed by atoms with E-state index in [4.69, 9.17) is 9.15 Å². The number of hydrogen-bond donors (Lipinski definition) is 1. The van der Waals surface area contributed by atoms with Gasteiger partial charge in [-0.3, -0.25) is 4.98 Å². The van der Waals surface area contributed by atoms with E-state index in [1.165, 1.54) is 6.26 Å². The van der Waals surface area contributed by atoms with E-state index in [2.05, 4.69) is 4.98 Å². The monoisotopic (exact) mass is 421 g/mol. The fourth-order valence-electron chi connectivity index (χ4n) is 3.61. The van der Waals surface area contributed by atoms with E-state index in [1.54, 1.807) is 30.5 Å². The lowest BCUT2D eigenvalue weighted by Crippen LogP contribution is -2.46. The van der Waals surface area contributed by atoms with Crippen molar-refractivity contribution in [3.05, 3.63) is 72.4 Å². The van der Waals surface area contributed by atoms with Gasteiger partial charge >= 0.3 is 0 Å². The minimum absolute atomic E-state index is 0.260. The van der Waals surface area contributed by atoms with Gasteiger partial charge in [-0.05, 0) is 47.5 Å². The summed E-state index contributed by atoms with van der Waals surface area (Å²) in [5.74, 6) is 0.604. The summed E-state index contributed by atoms with van der Waals surface area (Å²) in [5, 5.41) is 10.6. The number of sulfone groups is 1. The van der Waals surface area contributed by atoms with Gasteiger partial charge in [0.1, 0.15) is 16.9 Å². The van der Waals surface area contributed by atoms with Crippen LogP contribution in [-0.4, -0.2) is 38.0 Å². The van der Waals surface area contributed by atoms with E-state index in [0.717, 1.165) is 22.3 Å². The van der Waals surface area contributed by atoms with Crippen LogP contribution in [0, 0.1) is 0 Å². The maximum atomic E-state index is 11.7. The van der Waals surface area contributed by atoms with Crippen LogP contribution in [0.1, 0.15) is 5.56 Å². The molecule has 0 unspecified atom stereocenters. The highest BCUT2D eigenvalue weighted by molar-refractivity contribution is 7.90. The van der Waals surface area contributed by atoms with Crippen LogP contribution in [0.4, 0.5) is 0 Å². The number of ether oxygens (including phenoxy) is 1. The van der Waals surface area contributed by atoms with Gasteiger partial charge < -0.3 is 14.3 Å². The SMILES string of the molecule is CS(=O)(=O)c1ccc(-c2cc3nccc(-c4cccc(C5(O)COC5)c4)c3o2)cc1. The molecule has 5 rings (SSSR count). The second-order valence-corrected chi connectivity index (χ2v) is 9.60. The summed E-state index contributed by atoms with van der Waals surface area (Å²) >= 11 is 0. The number of aliphatic hydroxyl groups is 1. The fraction of sp³-hybridized carbons (Fsp3) is 0.174. The largest absolute Gasteiger partial charge is 0.454 e. The molecule has 1 aliphatic rings. The van der Waals surface area contributed by atoms with Gasteiger partial charge in [0, 0.05) is 29.6 Å². The molecule has 1 aliphatic heterocycles. The molecule has 0 spiro atoms. The minimum atomic E-state index is -3.26. The Morgan fingerprint density at radius 3 is 2.43 bits per heavy atom. The maximum Gasteiger partial charge on any atom is 0.175 e. The average molecular weight is 421 g/mol. The van der Waals surface area contributed by atoms with E-state index in [9.17, 15) is 13.5 Å². The van der Waals surface area contributed by atoms with E-state index in [1.807, 2.05) is 36.4 Å². The van der Waals surface area contributed by atoms with Crippen LogP contribution in [0.25, 0.3) is 33.6 Å². The molecule has 4 aromatic rings. The molecular formula is C23H19NO5S. The van der Waals surface area contributed by atoms with Gasteiger partial charge in [-0.2, -0.15) is 0 Å². The van der Waals surface area contributed by atoms with Crippen molar-refractivity contribution in [1.29, 1.82) is 0 Å². The van der Waals surface area contributed by atoms with Gasteiger partial charge in [0.15, 0.2) is 15.4 Å². The molecule has 6 nitrogen and oxygen atoms in total. The highest BCUT2D eigenvalue weighted by atomic mass is 32.2.